The summed E-state index contributed by atoms with van der Waals surface area (Å²) in [5.74, 6) is 0.203. The van der Waals surface area contributed by atoms with Crippen LogP contribution >= 0.6 is 22.9 Å². The first-order valence-corrected chi connectivity index (χ1v) is 9.99. The fraction of sp³-hybridized carbons (Fsp3) is 0.0952. The molecule has 0 bridgehead atoms. The van der Waals surface area contributed by atoms with Crippen LogP contribution in [-0.2, 0) is 6.54 Å². The fourth-order valence-electron chi connectivity index (χ4n) is 2.91. The van der Waals surface area contributed by atoms with E-state index in [1.165, 1.54) is 21.9 Å². The summed E-state index contributed by atoms with van der Waals surface area (Å²) in [5.41, 5.74) is 1.91. The zero-order valence-electron chi connectivity index (χ0n) is 15.4. The van der Waals surface area contributed by atoms with Crippen molar-refractivity contribution in [3.8, 4) is 17.0 Å². The fourth-order valence-corrected chi connectivity index (χ4v) is 3.90. The molecule has 0 radical (unpaired) electrons. The number of benzene rings is 2. The van der Waals surface area contributed by atoms with Gasteiger partial charge in [-0.1, -0.05) is 35.9 Å². The number of hydrogen-bond donors (Lipinski definition) is 1. The lowest BCUT2D eigenvalue weighted by molar-refractivity contribution is 0.0949. The number of hydrogen-bond acceptors (Lipinski definition) is 5. The minimum Gasteiger partial charge on any atom is -0.497 e. The van der Waals surface area contributed by atoms with Crippen LogP contribution in [0.2, 0.25) is 5.02 Å². The molecule has 4 aromatic rings. The van der Waals surface area contributed by atoms with Crippen molar-refractivity contribution < 1.29 is 9.53 Å². The third kappa shape index (κ3) is 3.87. The van der Waals surface area contributed by atoms with Gasteiger partial charge in [0, 0.05) is 28.7 Å². The minimum absolute atomic E-state index is 0.0148. The van der Waals surface area contributed by atoms with Crippen molar-refractivity contribution in [3.63, 3.8) is 0 Å². The lowest BCUT2D eigenvalue weighted by Crippen LogP contribution is -2.31. The second-order valence-corrected chi connectivity index (χ2v) is 7.53. The van der Waals surface area contributed by atoms with E-state index in [4.69, 9.17) is 16.3 Å². The van der Waals surface area contributed by atoms with Gasteiger partial charge in [0.05, 0.1) is 12.8 Å². The molecule has 0 saturated heterocycles. The third-order valence-corrected chi connectivity index (χ3v) is 5.51. The van der Waals surface area contributed by atoms with Crippen LogP contribution in [0.3, 0.4) is 0 Å². The van der Waals surface area contributed by atoms with E-state index in [1.807, 2.05) is 41.8 Å². The van der Waals surface area contributed by atoms with E-state index in [1.54, 1.807) is 19.2 Å². The molecular weight excluding hydrogens is 410 g/mol. The summed E-state index contributed by atoms with van der Waals surface area (Å²) in [6.07, 6.45) is 1.32. The van der Waals surface area contributed by atoms with E-state index >= 15 is 0 Å². The normalized spacial score (nSPS) is 10.8. The van der Waals surface area contributed by atoms with Crippen molar-refractivity contribution in [2.75, 3.05) is 7.11 Å². The Hall–Kier alpha value is -3.16. The van der Waals surface area contributed by atoms with Crippen LogP contribution < -0.4 is 15.6 Å². The van der Waals surface area contributed by atoms with Crippen LogP contribution in [0.1, 0.15) is 15.9 Å². The first-order chi connectivity index (χ1) is 14.1. The van der Waals surface area contributed by atoms with Crippen LogP contribution in [0.5, 0.6) is 5.75 Å². The molecule has 0 aliphatic carbocycles. The molecule has 29 heavy (non-hydrogen) atoms. The summed E-state index contributed by atoms with van der Waals surface area (Å²) in [6, 6.07) is 14.5. The second kappa shape index (κ2) is 8.06. The average Bonchev–Trinajstić information content (AvgIpc) is 3.18. The number of fused-ring (bicyclic) bond motifs is 1. The van der Waals surface area contributed by atoms with Gasteiger partial charge in [-0.05, 0) is 29.8 Å². The lowest BCUT2D eigenvalue weighted by atomic mass is 10.1. The largest absolute Gasteiger partial charge is 0.497 e. The summed E-state index contributed by atoms with van der Waals surface area (Å²) in [4.78, 5) is 30.5. The highest BCUT2D eigenvalue weighted by Crippen LogP contribution is 2.26. The number of ether oxygens (including phenoxy) is 1. The summed E-state index contributed by atoms with van der Waals surface area (Å²) in [7, 11) is 1.59. The number of carbonyl (C=O) groups is 1. The van der Waals surface area contributed by atoms with Crippen LogP contribution in [0.15, 0.2) is 64.9 Å². The van der Waals surface area contributed by atoms with Crippen molar-refractivity contribution >= 4 is 33.8 Å². The van der Waals surface area contributed by atoms with Gasteiger partial charge in [-0.2, -0.15) is 0 Å². The highest BCUT2D eigenvalue weighted by Gasteiger charge is 2.17. The molecule has 0 unspecified atom stereocenters. The van der Waals surface area contributed by atoms with Gasteiger partial charge in [0.25, 0.3) is 11.5 Å². The number of aromatic nitrogens is 2. The van der Waals surface area contributed by atoms with E-state index in [0.29, 0.717) is 21.4 Å². The van der Waals surface area contributed by atoms with Crippen LogP contribution in [0.4, 0.5) is 0 Å². The van der Waals surface area contributed by atoms with Crippen molar-refractivity contribution in [1.29, 1.82) is 0 Å². The highest BCUT2D eigenvalue weighted by atomic mass is 35.5. The zero-order valence-corrected chi connectivity index (χ0v) is 17.0. The van der Waals surface area contributed by atoms with Crippen molar-refractivity contribution in [2.24, 2.45) is 0 Å². The molecule has 0 saturated carbocycles. The Labute approximate surface area is 175 Å². The standard InChI is InChI=1S/C21H16ClN3O3S/c1-28-16-4-2-3-14(9-16)18-12-29-21-24-11-17(20(27)25(18)21)19(26)23-10-13-5-7-15(22)8-6-13/h2-9,11-12H,10H2,1H3,(H,23,26). The van der Waals surface area contributed by atoms with Crippen molar-refractivity contribution in [3.05, 3.63) is 86.6 Å². The van der Waals surface area contributed by atoms with E-state index in [9.17, 15) is 9.59 Å². The molecule has 0 aliphatic rings. The van der Waals surface area contributed by atoms with Gasteiger partial charge in [-0.15, -0.1) is 11.3 Å². The summed E-state index contributed by atoms with van der Waals surface area (Å²) < 4.78 is 6.72. The number of thiazole rings is 1. The van der Waals surface area contributed by atoms with Crippen molar-refractivity contribution in [2.45, 2.75) is 6.54 Å². The van der Waals surface area contributed by atoms with Gasteiger partial charge in [0.2, 0.25) is 0 Å². The first kappa shape index (κ1) is 19.2. The number of methoxy groups -OCH3 is 1. The van der Waals surface area contributed by atoms with E-state index < -0.39 is 11.5 Å². The molecule has 4 rings (SSSR count). The Bertz CT molecular complexity index is 1250. The maximum Gasteiger partial charge on any atom is 0.271 e. The van der Waals surface area contributed by atoms with Gasteiger partial charge >= 0.3 is 0 Å². The summed E-state index contributed by atoms with van der Waals surface area (Å²) >= 11 is 7.21. The quantitative estimate of drug-likeness (QED) is 0.524. The molecule has 0 aliphatic heterocycles. The van der Waals surface area contributed by atoms with Gasteiger partial charge in [0.15, 0.2) is 4.96 Å². The molecule has 8 heteroatoms. The number of halogens is 1. The van der Waals surface area contributed by atoms with Crippen LogP contribution in [0, 0.1) is 0 Å². The summed E-state index contributed by atoms with van der Waals surface area (Å²) in [5, 5.41) is 5.22. The number of amides is 1. The Morgan fingerprint density at radius 1 is 1.24 bits per heavy atom. The molecule has 2 aromatic carbocycles. The van der Waals surface area contributed by atoms with E-state index in [-0.39, 0.29) is 12.1 Å². The monoisotopic (exact) mass is 425 g/mol. The Morgan fingerprint density at radius 3 is 2.79 bits per heavy atom. The number of nitrogens with zero attached hydrogens (tertiary/aromatic N) is 2. The predicted molar refractivity (Wildman–Crippen MR) is 114 cm³/mol. The minimum atomic E-state index is -0.477. The zero-order chi connectivity index (χ0) is 20.4. The molecule has 2 aromatic heterocycles. The molecule has 1 amide bonds. The average molecular weight is 426 g/mol. The molecule has 2 heterocycles. The maximum atomic E-state index is 13.1. The van der Waals surface area contributed by atoms with Gasteiger partial charge in [-0.3, -0.25) is 14.0 Å². The van der Waals surface area contributed by atoms with E-state index in [2.05, 4.69) is 10.3 Å². The van der Waals surface area contributed by atoms with Crippen LogP contribution in [-0.4, -0.2) is 22.4 Å². The van der Waals surface area contributed by atoms with E-state index in [0.717, 1.165) is 11.1 Å². The second-order valence-electron chi connectivity index (χ2n) is 6.26. The topological polar surface area (TPSA) is 72.7 Å². The molecule has 0 fully saturated rings. The number of carbonyl (C=O) groups excluding carboxylic acids is 1. The van der Waals surface area contributed by atoms with Gasteiger partial charge in [-0.25, -0.2) is 4.98 Å². The maximum absolute atomic E-state index is 13.1. The predicted octanol–water partition coefficient (Wildman–Crippen LogP) is 4.02. The lowest BCUT2D eigenvalue weighted by Gasteiger charge is -2.07. The molecule has 146 valence electrons. The SMILES string of the molecule is COc1cccc(-c2csc3ncc(C(=O)NCc4ccc(Cl)cc4)c(=O)n23)c1. The Balaban J connectivity index is 1.67. The molecule has 0 spiro atoms. The van der Waals surface area contributed by atoms with Gasteiger partial charge < -0.3 is 10.1 Å². The first-order valence-electron chi connectivity index (χ1n) is 8.73. The smallest absolute Gasteiger partial charge is 0.271 e. The van der Waals surface area contributed by atoms with Crippen molar-refractivity contribution in [1.82, 2.24) is 14.7 Å². The molecule has 0 atom stereocenters. The summed E-state index contributed by atoms with van der Waals surface area (Å²) in [6.45, 7) is 0.282. The third-order valence-electron chi connectivity index (χ3n) is 4.42. The highest BCUT2D eigenvalue weighted by molar-refractivity contribution is 7.15. The Morgan fingerprint density at radius 2 is 2.03 bits per heavy atom. The number of rotatable bonds is 5. The molecular formula is C21H16ClN3O3S. The molecule has 1 N–H and O–H groups in total. The number of nitrogens with one attached hydrogen (secondary N) is 1. The van der Waals surface area contributed by atoms with Crippen LogP contribution in [0.25, 0.3) is 16.2 Å². The Kier molecular flexibility index (Phi) is 5.33. The van der Waals surface area contributed by atoms with Gasteiger partial charge in [0.1, 0.15) is 11.3 Å². The molecule has 6 nitrogen and oxygen atoms in total.